The van der Waals surface area contributed by atoms with Crippen molar-refractivity contribution >= 4 is 5.91 Å². The van der Waals surface area contributed by atoms with Crippen LogP contribution >= 0.6 is 0 Å². The molecule has 1 aromatic rings. The summed E-state index contributed by atoms with van der Waals surface area (Å²) in [5, 5.41) is 2.59. The first kappa shape index (κ1) is 9.73. The Labute approximate surface area is 76.3 Å². The zero-order chi connectivity index (χ0) is 9.84. The average molecular weight is 183 g/mol. The van der Waals surface area contributed by atoms with Crippen molar-refractivity contribution in [3.8, 4) is 0 Å². The minimum Gasteiger partial charge on any atom is -0.438 e. The molecule has 0 aliphatic heterocycles. The lowest BCUT2D eigenvalue weighted by atomic mass is 10.3. The summed E-state index contributed by atoms with van der Waals surface area (Å²) in [5.41, 5.74) is 5.46. The lowest BCUT2D eigenvalue weighted by Gasteiger charge is -2.04. The molecule has 0 bridgehead atoms. The van der Waals surface area contributed by atoms with Gasteiger partial charge >= 0.3 is 5.91 Å². The predicted molar refractivity (Wildman–Crippen MR) is 47.2 cm³/mol. The van der Waals surface area contributed by atoms with Crippen LogP contribution in [0.15, 0.2) is 10.6 Å². The summed E-state index contributed by atoms with van der Waals surface area (Å²) in [6.45, 7) is 3.96. The Morgan fingerprint density at radius 1 is 1.85 bits per heavy atom. The number of hydrogen-bond acceptors (Lipinski definition) is 4. The Bertz CT molecular complexity index is 293. The lowest BCUT2D eigenvalue weighted by molar-refractivity contribution is 0.0916. The molecule has 0 aromatic carbocycles. The molecule has 0 aliphatic carbocycles. The molecule has 0 aliphatic rings. The number of aromatic nitrogens is 1. The summed E-state index contributed by atoms with van der Waals surface area (Å²) < 4.78 is 5.01. The molecule has 1 heterocycles. The first-order valence-electron chi connectivity index (χ1n) is 4.06. The molecule has 0 fully saturated rings. The second-order valence-corrected chi connectivity index (χ2v) is 2.96. The molecule has 1 aromatic heterocycles. The van der Waals surface area contributed by atoms with Crippen molar-refractivity contribution < 1.29 is 9.21 Å². The molecule has 1 rings (SSSR count). The van der Waals surface area contributed by atoms with Crippen LogP contribution in [0.1, 0.15) is 23.4 Å². The smallest absolute Gasteiger partial charge is 0.307 e. The van der Waals surface area contributed by atoms with E-state index in [2.05, 4.69) is 10.3 Å². The van der Waals surface area contributed by atoms with Gasteiger partial charge in [-0.25, -0.2) is 4.98 Å². The third-order valence-corrected chi connectivity index (χ3v) is 1.40. The number of nitrogens with two attached hydrogens (primary N) is 1. The van der Waals surface area contributed by atoms with Crippen LogP contribution in [0.3, 0.4) is 0 Å². The van der Waals surface area contributed by atoms with E-state index in [1.807, 2.05) is 0 Å². The second-order valence-electron chi connectivity index (χ2n) is 2.96. The minimum absolute atomic E-state index is 0.0694. The normalized spacial score (nSPS) is 12.5. The second kappa shape index (κ2) is 4.04. The van der Waals surface area contributed by atoms with Crippen molar-refractivity contribution in [3.05, 3.63) is 17.8 Å². The van der Waals surface area contributed by atoms with Gasteiger partial charge in [0.15, 0.2) is 0 Å². The summed E-state index contributed by atoms with van der Waals surface area (Å²) in [6, 6.07) is -0.0694. The van der Waals surface area contributed by atoms with Crippen LogP contribution < -0.4 is 11.1 Å². The van der Waals surface area contributed by atoms with Crippen molar-refractivity contribution in [2.24, 2.45) is 5.73 Å². The fourth-order valence-corrected chi connectivity index (χ4v) is 0.789. The number of nitrogens with one attached hydrogen (secondary N) is 1. The molecule has 5 heteroatoms. The summed E-state index contributed by atoms with van der Waals surface area (Å²) in [5.74, 6) is 0.370. The molecular weight excluding hydrogens is 170 g/mol. The summed E-state index contributed by atoms with van der Waals surface area (Å²) in [7, 11) is 0. The monoisotopic (exact) mass is 183 g/mol. The maximum atomic E-state index is 11.2. The first-order valence-corrected chi connectivity index (χ1v) is 4.06. The quantitative estimate of drug-likeness (QED) is 0.694. The van der Waals surface area contributed by atoms with E-state index in [0.717, 1.165) is 0 Å². The van der Waals surface area contributed by atoms with Gasteiger partial charge in [0, 0.05) is 12.6 Å². The molecule has 13 heavy (non-hydrogen) atoms. The lowest BCUT2D eigenvalue weighted by Crippen LogP contribution is -2.35. The van der Waals surface area contributed by atoms with Gasteiger partial charge in [0.25, 0.3) is 5.89 Å². The molecule has 0 saturated carbocycles. The third kappa shape index (κ3) is 2.87. The van der Waals surface area contributed by atoms with Gasteiger partial charge in [0.05, 0.1) is 6.20 Å². The predicted octanol–water partition coefficient (Wildman–Crippen LogP) is 0.0600. The van der Waals surface area contributed by atoms with Crippen molar-refractivity contribution in [3.63, 3.8) is 0 Å². The van der Waals surface area contributed by atoms with Crippen LogP contribution in [0, 0.1) is 6.92 Å². The highest BCUT2D eigenvalue weighted by Crippen LogP contribution is 2.00. The van der Waals surface area contributed by atoms with Crippen LogP contribution in [0.5, 0.6) is 0 Å². The van der Waals surface area contributed by atoms with E-state index in [1.165, 1.54) is 6.20 Å². The van der Waals surface area contributed by atoms with E-state index in [0.29, 0.717) is 12.3 Å². The van der Waals surface area contributed by atoms with Gasteiger partial charge in [0.2, 0.25) is 0 Å². The largest absolute Gasteiger partial charge is 0.438 e. The number of rotatable bonds is 3. The van der Waals surface area contributed by atoms with Crippen LogP contribution in [-0.2, 0) is 0 Å². The minimum atomic E-state index is -0.328. The molecule has 5 nitrogen and oxygen atoms in total. The van der Waals surface area contributed by atoms with Crippen LogP contribution in [0.2, 0.25) is 0 Å². The molecule has 0 spiro atoms. The fourth-order valence-electron chi connectivity index (χ4n) is 0.789. The number of aryl methyl sites for hydroxylation is 1. The SMILES string of the molecule is Cc1cnc(C(=O)NCC(C)N)o1. The van der Waals surface area contributed by atoms with Crippen molar-refractivity contribution in [1.29, 1.82) is 0 Å². The van der Waals surface area contributed by atoms with E-state index < -0.39 is 0 Å². The zero-order valence-corrected chi connectivity index (χ0v) is 7.70. The highest BCUT2D eigenvalue weighted by atomic mass is 16.4. The Hall–Kier alpha value is -1.36. The first-order chi connectivity index (χ1) is 6.09. The summed E-state index contributed by atoms with van der Waals surface area (Å²) >= 11 is 0. The third-order valence-electron chi connectivity index (χ3n) is 1.40. The van der Waals surface area contributed by atoms with Crippen LogP contribution in [0.25, 0.3) is 0 Å². The van der Waals surface area contributed by atoms with E-state index in [4.69, 9.17) is 10.2 Å². The number of carbonyl (C=O) groups is 1. The van der Waals surface area contributed by atoms with E-state index in [9.17, 15) is 4.79 Å². The topological polar surface area (TPSA) is 81.2 Å². The molecule has 1 atom stereocenters. The number of oxazole rings is 1. The van der Waals surface area contributed by atoms with Crippen molar-refractivity contribution in [2.45, 2.75) is 19.9 Å². The maximum Gasteiger partial charge on any atom is 0.307 e. The van der Waals surface area contributed by atoms with Gasteiger partial charge in [-0.05, 0) is 13.8 Å². The van der Waals surface area contributed by atoms with E-state index >= 15 is 0 Å². The number of nitrogens with zero attached hydrogens (tertiary/aromatic N) is 1. The van der Waals surface area contributed by atoms with Crippen LogP contribution in [-0.4, -0.2) is 23.5 Å². The van der Waals surface area contributed by atoms with E-state index in [1.54, 1.807) is 13.8 Å². The van der Waals surface area contributed by atoms with Gasteiger partial charge < -0.3 is 15.5 Å². The number of carbonyl (C=O) groups excluding carboxylic acids is 1. The maximum absolute atomic E-state index is 11.2. The molecule has 72 valence electrons. The highest BCUT2D eigenvalue weighted by molar-refractivity contribution is 5.89. The highest BCUT2D eigenvalue weighted by Gasteiger charge is 2.11. The van der Waals surface area contributed by atoms with Crippen LogP contribution in [0.4, 0.5) is 0 Å². The fraction of sp³-hybridized carbons (Fsp3) is 0.500. The number of hydrogen-bond donors (Lipinski definition) is 2. The molecule has 0 radical (unpaired) electrons. The van der Waals surface area contributed by atoms with E-state index in [-0.39, 0.29) is 17.8 Å². The summed E-state index contributed by atoms with van der Waals surface area (Å²) in [4.78, 5) is 15.0. The van der Waals surface area contributed by atoms with Gasteiger partial charge in [-0.2, -0.15) is 0 Å². The number of amides is 1. The molecular formula is C8H13N3O2. The van der Waals surface area contributed by atoms with Gasteiger partial charge in [-0.3, -0.25) is 4.79 Å². The molecule has 3 N–H and O–H groups in total. The van der Waals surface area contributed by atoms with Gasteiger partial charge in [-0.1, -0.05) is 0 Å². The van der Waals surface area contributed by atoms with Crippen molar-refractivity contribution in [2.75, 3.05) is 6.54 Å². The van der Waals surface area contributed by atoms with Crippen molar-refractivity contribution in [1.82, 2.24) is 10.3 Å². The zero-order valence-electron chi connectivity index (χ0n) is 7.70. The Balaban J connectivity index is 2.49. The average Bonchev–Trinajstić information content (AvgIpc) is 2.47. The Morgan fingerprint density at radius 2 is 2.54 bits per heavy atom. The van der Waals surface area contributed by atoms with Gasteiger partial charge in [0.1, 0.15) is 5.76 Å². The Kier molecular flexibility index (Phi) is 3.02. The molecule has 1 amide bonds. The molecule has 0 saturated heterocycles. The van der Waals surface area contributed by atoms with Gasteiger partial charge in [-0.15, -0.1) is 0 Å². The summed E-state index contributed by atoms with van der Waals surface area (Å²) in [6.07, 6.45) is 1.50. The molecule has 1 unspecified atom stereocenters. The Morgan fingerprint density at radius 3 is 3.00 bits per heavy atom. The standard InChI is InChI=1S/C8H13N3O2/c1-5(9)3-10-7(12)8-11-4-6(2)13-8/h4-5H,3,9H2,1-2H3,(H,10,12).